The molecule has 0 saturated heterocycles. The third kappa shape index (κ3) is 2.74. The van der Waals surface area contributed by atoms with Crippen LogP contribution in [0.4, 0.5) is 0 Å². The van der Waals surface area contributed by atoms with Gasteiger partial charge in [-0.15, -0.1) is 0 Å². The second-order valence-electron chi connectivity index (χ2n) is 2.91. The third-order valence-corrected chi connectivity index (χ3v) is 1.57. The van der Waals surface area contributed by atoms with Gasteiger partial charge in [0, 0.05) is 12.5 Å². The minimum Gasteiger partial charge on any atom is -0.478 e. The average molecular weight is 153 g/mol. The molecule has 1 heterocycles. The highest BCUT2D eigenvalue weighted by Gasteiger charge is 2.08. The van der Waals surface area contributed by atoms with E-state index in [4.69, 9.17) is 4.74 Å². The molecule has 0 saturated carbocycles. The minimum atomic E-state index is 0.578. The standard InChI is InChI=1S/C9H15NO/c1-3-4-5-9-10-6-8(2)7-11-9/h4-5,8H,3,6-7H2,1-2H3/b5-4+. The van der Waals surface area contributed by atoms with Gasteiger partial charge < -0.3 is 4.74 Å². The van der Waals surface area contributed by atoms with Gasteiger partial charge >= 0.3 is 0 Å². The molecule has 11 heavy (non-hydrogen) atoms. The van der Waals surface area contributed by atoms with Crippen LogP contribution in [0, 0.1) is 5.92 Å². The van der Waals surface area contributed by atoms with Crippen LogP contribution in [0.15, 0.2) is 17.1 Å². The second-order valence-corrected chi connectivity index (χ2v) is 2.91. The summed E-state index contributed by atoms with van der Waals surface area (Å²) in [5, 5.41) is 0. The molecule has 0 aromatic carbocycles. The Morgan fingerprint density at radius 2 is 2.55 bits per heavy atom. The summed E-state index contributed by atoms with van der Waals surface area (Å²) in [6.07, 6.45) is 5.05. The van der Waals surface area contributed by atoms with E-state index in [-0.39, 0.29) is 0 Å². The summed E-state index contributed by atoms with van der Waals surface area (Å²) >= 11 is 0. The lowest BCUT2D eigenvalue weighted by Crippen LogP contribution is -2.19. The molecule has 0 aromatic heterocycles. The molecule has 0 bridgehead atoms. The number of ether oxygens (including phenoxy) is 1. The molecule has 1 atom stereocenters. The Labute approximate surface area is 68.0 Å². The van der Waals surface area contributed by atoms with Crippen LogP contribution < -0.4 is 0 Å². The number of aliphatic imine (C=N–C) groups is 1. The monoisotopic (exact) mass is 153 g/mol. The van der Waals surface area contributed by atoms with Crippen molar-refractivity contribution in [1.82, 2.24) is 0 Å². The van der Waals surface area contributed by atoms with E-state index in [2.05, 4.69) is 24.9 Å². The Kier molecular flexibility index (Phi) is 3.14. The molecule has 2 heteroatoms. The highest BCUT2D eigenvalue weighted by molar-refractivity contribution is 5.87. The van der Waals surface area contributed by atoms with Gasteiger partial charge in [0.1, 0.15) is 0 Å². The smallest absolute Gasteiger partial charge is 0.208 e. The molecule has 0 spiro atoms. The Morgan fingerprint density at radius 3 is 3.09 bits per heavy atom. The van der Waals surface area contributed by atoms with E-state index in [0.717, 1.165) is 25.5 Å². The number of hydrogen-bond acceptors (Lipinski definition) is 2. The van der Waals surface area contributed by atoms with Crippen LogP contribution in [-0.4, -0.2) is 19.0 Å². The van der Waals surface area contributed by atoms with Crippen molar-refractivity contribution in [3.05, 3.63) is 12.2 Å². The maximum absolute atomic E-state index is 5.36. The molecule has 1 aliphatic heterocycles. The van der Waals surface area contributed by atoms with Crippen molar-refractivity contribution in [2.45, 2.75) is 20.3 Å². The molecular formula is C9H15NO. The fraction of sp³-hybridized carbons (Fsp3) is 0.667. The molecule has 62 valence electrons. The molecule has 2 nitrogen and oxygen atoms in total. The zero-order valence-corrected chi connectivity index (χ0v) is 7.21. The predicted octanol–water partition coefficient (Wildman–Crippen LogP) is 2.02. The second kappa shape index (κ2) is 4.16. The van der Waals surface area contributed by atoms with Crippen LogP contribution in [0.2, 0.25) is 0 Å². The summed E-state index contributed by atoms with van der Waals surface area (Å²) in [7, 11) is 0. The van der Waals surface area contributed by atoms with E-state index in [9.17, 15) is 0 Å². The van der Waals surface area contributed by atoms with Crippen molar-refractivity contribution >= 4 is 5.90 Å². The first kappa shape index (κ1) is 8.31. The van der Waals surface area contributed by atoms with Crippen molar-refractivity contribution < 1.29 is 4.74 Å². The van der Waals surface area contributed by atoms with Crippen LogP contribution in [0.3, 0.4) is 0 Å². The van der Waals surface area contributed by atoms with Gasteiger partial charge in [-0.1, -0.05) is 19.9 Å². The molecule has 0 aliphatic carbocycles. The highest BCUT2D eigenvalue weighted by atomic mass is 16.5. The first-order valence-corrected chi connectivity index (χ1v) is 4.16. The van der Waals surface area contributed by atoms with Gasteiger partial charge in [-0.2, -0.15) is 0 Å². The lowest BCUT2D eigenvalue weighted by molar-refractivity contribution is 0.233. The molecule has 1 aliphatic rings. The Bertz CT molecular complexity index is 172. The van der Waals surface area contributed by atoms with Crippen molar-refractivity contribution in [2.75, 3.05) is 13.2 Å². The molecule has 1 unspecified atom stereocenters. The SMILES string of the molecule is CC/C=C/C1=NCC(C)CO1. The highest BCUT2D eigenvalue weighted by Crippen LogP contribution is 2.05. The molecule has 0 radical (unpaired) electrons. The Balaban J connectivity index is 2.41. The summed E-state index contributed by atoms with van der Waals surface area (Å²) in [4.78, 5) is 4.26. The van der Waals surface area contributed by atoms with Gasteiger partial charge in [0.15, 0.2) is 0 Å². The van der Waals surface area contributed by atoms with Gasteiger partial charge in [-0.3, -0.25) is 4.99 Å². The quantitative estimate of drug-likeness (QED) is 0.594. The maximum atomic E-state index is 5.36. The van der Waals surface area contributed by atoms with E-state index < -0.39 is 0 Å². The summed E-state index contributed by atoms with van der Waals surface area (Å²) < 4.78 is 5.36. The van der Waals surface area contributed by atoms with Crippen molar-refractivity contribution in [1.29, 1.82) is 0 Å². The molecule has 0 fully saturated rings. The van der Waals surface area contributed by atoms with Crippen LogP contribution in [-0.2, 0) is 4.74 Å². The van der Waals surface area contributed by atoms with E-state index in [1.54, 1.807) is 0 Å². The molecule has 0 amide bonds. The molecule has 1 rings (SSSR count). The molecular weight excluding hydrogens is 138 g/mol. The number of nitrogens with zero attached hydrogens (tertiary/aromatic N) is 1. The van der Waals surface area contributed by atoms with Gasteiger partial charge in [0.05, 0.1) is 6.61 Å². The average Bonchev–Trinajstić information content (AvgIpc) is 2.04. The summed E-state index contributed by atoms with van der Waals surface area (Å²) in [5.41, 5.74) is 0. The van der Waals surface area contributed by atoms with E-state index in [1.165, 1.54) is 0 Å². The Morgan fingerprint density at radius 1 is 1.73 bits per heavy atom. The molecule has 0 aromatic rings. The Hall–Kier alpha value is -0.790. The number of allylic oxidation sites excluding steroid dienone is 1. The largest absolute Gasteiger partial charge is 0.478 e. The van der Waals surface area contributed by atoms with E-state index >= 15 is 0 Å². The fourth-order valence-electron chi connectivity index (χ4n) is 0.891. The van der Waals surface area contributed by atoms with E-state index in [1.807, 2.05) is 6.08 Å². The fourth-order valence-corrected chi connectivity index (χ4v) is 0.891. The van der Waals surface area contributed by atoms with Crippen LogP contribution in [0.5, 0.6) is 0 Å². The summed E-state index contributed by atoms with van der Waals surface area (Å²) in [6, 6.07) is 0. The lowest BCUT2D eigenvalue weighted by Gasteiger charge is -2.16. The zero-order chi connectivity index (χ0) is 8.10. The zero-order valence-electron chi connectivity index (χ0n) is 7.21. The minimum absolute atomic E-state index is 0.578. The van der Waals surface area contributed by atoms with Gasteiger partial charge in [0.25, 0.3) is 0 Å². The first-order valence-electron chi connectivity index (χ1n) is 4.16. The topological polar surface area (TPSA) is 21.6 Å². The number of hydrogen-bond donors (Lipinski definition) is 0. The van der Waals surface area contributed by atoms with Gasteiger partial charge in [0.2, 0.25) is 5.90 Å². The van der Waals surface area contributed by atoms with Crippen LogP contribution >= 0.6 is 0 Å². The van der Waals surface area contributed by atoms with Gasteiger partial charge in [-0.25, -0.2) is 0 Å². The maximum Gasteiger partial charge on any atom is 0.208 e. The summed E-state index contributed by atoms with van der Waals surface area (Å²) in [6.45, 7) is 5.96. The van der Waals surface area contributed by atoms with Crippen LogP contribution in [0.25, 0.3) is 0 Å². The molecule has 0 N–H and O–H groups in total. The first-order chi connectivity index (χ1) is 5.33. The normalized spacial score (nSPS) is 24.9. The van der Waals surface area contributed by atoms with Crippen molar-refractivity contribution in [2.24, 2.45) is 10.9 Å². The predicted molar refractivity (Wildman–Crippen MR) is 46.8 cm³/mol. The van der Waals surface area contributed by atoms with Crippen molar-refractivity contribution in [3.63, 3.8) is 0 Å². The lowest BCUT2D eigenvalue weighted by atomic mass is 10.2. The van der Waals surface area contributed by atoms with Crippen LogP contribution in [0.1, 0.15) is 20.3 Å². The number of rotatable bonds is 2. The van der Waals surface area contributed by atoms with Crippen molar-refractivity contribution in [3.8, 4) is 0 Å². The van der Waals surface area contributed by atoms with Gasteiger partial charge in [-0.05, 0) is 12.5 Å². The summed E-state index contributed by atoms with van der Waals surface area (Å²) in [5.74, 6) is 1.37. The van der Waals surface area contributed by atoms with E-state index in [0.29, 0.717) is 5.92 Å². The third-order valence-electron chi connectivity index (χ3n) is 1.57.